The highest BCUT2D eigenvalue weighted by molar-refractivity contribution is 6.16. The van der Waals surface area contributed by atoms with E-state index >= 15 is 0 Å². The van der Waals surface area contributed by atoms with E-state index in [0.717, 1.165) is 37.5 Å². The number of halogens is 2. The van der Waals surface area contributed by atoms with Gasteiger partial charge in [0.1, 0.15) is 11.3 Å². The van der Waals surface area contributed by atoms with E-state index in [-0.39, 0.29) is 5.82 Å². The Morgan fingerprint density at radius 3 is 2.76 bits per heavy atom. The fourth-order valence-electron chi connectivity index (χ4n) is 3.21. The molecule has 0 radical (unpaired) electrons. The molecular weight excluding hydrogens is 289 g/mol. The summed E-state index contributed by atoms with van der Waals surface area (Å²) in [5, 5.41) is 0. The van der Waals surface area contributed by atoms with Gasteiger partial charge in [0.05, 0.1) is 11.4 Å². The Balaban J connectivity index is 1.85. The number of likely N-dealkylation sites (tertiary alicyclic amines) is 1. The van der Waals surface area contributed by atoms with E-state index < -0.39 is 0 Å². The second-order valence-corrected chi connectivity index (χ2v) is 6.02. The molecule has 0 saturated carbocycles. The average Bonchev–Trinajstić information content (AvgIpc) is 2.87. The van der Waals surface area contributed by atoms with Gasteiger partial charge in [-0.1, -0.05) is 13.0 Å². The van der Waals surface area contributed by atoms with E-state index in [1.54, 1.807) is 6.07 Å². The van der Waals surface area contributed by atoms with Gasteiger partial charge in [-0.05, 0) is 50.5 Å². The molecule has 1 aromatic heterocycles. The van der Waals surface area contributed by atoms with Gasteiger partial charge in [-0.3, -0.25) is 0 Å². The molecule has 0 atom stereocenters. The van der Waals surface area contributed by atoms with Crippen LogP contribution >= 0.6 is 11.6 Å². The highest BCUT2D eigenvalue weighted by Crippen LogP contribution is 2.25. The Hall–Kier alpha value is -1.13. The van der Waals surface area contributed by atoms with E-state index in [0.29, 0.717) is 17.3 Å². The standard InChI is InChI=1S/C16H21ClFN3/c1-2-20-8-6-12(7-9-20)11-21-14-5-3-4-13(18)16(14)19-15(21)10-17/h3-5,12H,2,6-11H2,1H3. The minimum Gasteiger partial charge on any atom is -0.327 e. The summed E-state index contributed by atoms with van der Waals surface area (Å²) in [5.41, 5.74) is 1.31. The largest absolute Gasteiger partial charge is 0.327 e. The first-order valence-corrected chi connectivity index (χ1v) is 8.18. The average molecular weight is 310 g/mol. The topological polar surface area (TPSA) is 21.1 Å². The van der Waals surface area contributed by atoms with Crippen LogP contribution in [-0.2, 0) is 12.4 Å². The lowest BCUT2D eigenvalue weighted by Crippen LogP contribution is -2.34. The normalized spacial score (nSPS) is 17.7. The number of para-hydroxylation sites is 1. The molecule has 21 heavy (non-hydrogen) atoms. The van der Waals surface area contributed by atoms with E-state index in [1.807, 2.05) is 6.07 Å². The molecule has 0 aliphatic carbocycles. The molecule has 1 fully saturated rings. The number of hydrogen-bond acceptors (Lipinski definition) is 2. The van der Waals surface area contributed by atoms with Gasteiger partial charge in [0.25, 0.3) is 0 Å². The summed E-state index contributed by atoms with van der Waals surface area (Å²) in [6.07, 6.45) is 2.37. The van der Waals surface area contributed by atoms with Gasteiger partial charge >= 0.3 is 0 Å². The first-order valence-electron chi connectivity index (χ1n) is 7.65. The van der Waals surface area contributed by atoms with Gasteiger partial charge in [0.15, 0.2) is 5.82 Å². The molecule has 1 saturated heterocycles. The maximum absolute atomic E-state index is 13.9. The van der Waals surface area contributed by atoms with Crippen molar-refractivity contribution in [3.05, 3.63) is 29.8 Å². The summed E-state index contributed by atoms with van der Waals surface area (Å²) in [4.78, 5) is 6.85. The Labute approximate surface area is 129 Å². The lowest BCUT2D eigenvalue weighted by Gasteiger charge is -2.31. The van der Waals surface area contributed by atoms with Crippen LogP contribution in [0.2, 0.25) is 0 Å². The predicted octanol–water partition coefficient (Wildman–Crippen LogP) is 3.65. The zero-order chi connectivity index (χ0) is 14.8. The maximum atomic E-state index is 13.9. The smallest absolute Gasteiger partial charge is 0.151 e. The van der Waals surface area contributed by atoms with Gasteiger partial charge < -0.3 is 9.47 Å². The van der Waals surface area contributed by atoms with Crippen LogP contribution in [0.5, 0.6) is 0 Å². The zero-order valence-electron chi connectivity index (χ0n) is 12.4. The molecule has 2 aromatic rings. The minimum atomic E-state index is -0.265. The number of benzene rings is 1. The number of hydrogen-bond donors (Lipinski definition) is 0. The fraction of sp³-hybridized carbons (Fsp3) is 0.562. The molecular formula is C16H21ClFN3. The summed E-state index contributed by atoms with van der Waals surface area (Å²) in [6.45, 7) is 6.52. The number of imidazole rings is 1. The van der Waals surface area contributed by atoms with Crippen LogP contribution in [0.25, 0.3) is 11.0 Å². The Bertz CT molecular complexity index is 617. The lowest BCUT2D eigenvalue weighted by molar-refractivity contribution is 0.181. The molecule has 2 heterocycles. The third-order valence-corrected chi connectivity index (χ3v) is 4.76. The van der Waals surface area contributed by atoms with Crippen molar-refractivity contribution >= 4 is 22.6 Å². The fourth-order valence-corrected chi connectivity index (χ4v) is 3.41. The van der Waals surface area contributed by atoms with Crippen LogP contribution < -0.4 is 0 Å². The number of alkyl halides is 1. The van der Waals surface area contributed by atoms with Gasteiger partial charge in [-0.2, -0.15) is 0 Å². The second kappa shape index (κ2) is 6.32. The summed E-state index contributed by atoms with van der Waals surface area (Å²) in [5.74, 6) is 1.45. The van der Waals surface area contributed by atoms with Crippen LogP contribution in [0.4, 0.5) is 4.39 Å². The highest BCUT2D eigenvalue weighted by atomic mass is 35.5. The molecule has 114 valence electrons. The quantitative estimate of drug-likeness (QED) is 0.804. The third-order valence-electron chi connectivity index (χ3n) is 4.52. The van der Waals surface area contributed by atoms with Crippen molar-refractivity contribution in [3.8, 4) is 0 Å². The van der Waals surface area contributed by atoms with Crippen LogP contribution in [0.1, 0.15) is 25.6 Å². The molecule has 1 aliphatic heterocycles. The number of aromatic nitrogens is 2. The van der Waals surface area contributed by atoms with E-state index in [2.05, 4.69) is 21.4 Å². The summed E-state index contributed by atoms with van der Waals surface area (Å²) < 4.78 is 16.0. The molecule has 0 N–H and O–H groups in total. The summed E-state index contributed by atoms with van der Waals surface area (Å²) in [6, 6.07) is 5.13. The minimum absolute atomic E-state index is 0.265. The molecule has 1 aliphatic rings. The Morgan fingerprint density at radius 1 is 1.33 bits per heavy atom. The van der Waals surface area contributed by atoms with Crippen molar-refractivity contribution in [1.82, 2.24) is 14.5 Å². The number of fused-ring (bicyclic) bond motifs is 1. The summed E-state index contributed by atoms with van der Waals surface area (Å²) >= 11 is 6.01. The van der Waals surface area contributed by atoms with Crippen LogP contribution in [0.3, 0.4) is 0 Å². The van der Waals surface area contributed by atoms with Crippen LogP contribution in [0.15, 0.2) is 18.2 Å². The first kappa shape index (κ1) is 14.8. The second-order valence-electron chi connectivity index (χ2n) is 5.76. The van der Waals surface area contributed by atoms with E-state index in [4.69, 9.17) is 11.6 Å². The van der Waals surface area contributed by atoms with Crippen molar-refractivity contribution < 1.29 is 4.39 Å². The molecule has 0 amide bonds. The van der Waals surface area contributed by atoms with E-state index in [9.17, 15) is 4.39 Å². The molecule has 5 heteroatoms. The molecule has 1 aromatic carbocycles. The van der Waals surface area contributed by atoms with Crippen molar-refractivity contribution in [1.29, 1.82) is 0 Å². The van der Waals surface area contributed by atoms with Crippen molar-refractivity contribution in [2.45, 2.75) is 32.2 Å². The molecule has 0 bridgehead atoms. The number of rotatable bonds is 4. The molecule has 0 unspecified atom stereocenters. The molecule has 0 spiro atoms. The molecule has 3 rings (SSSR count). The summed E-state index contributed by atoms with van der Waals surface area (Å²) in [7, 11) is 0. The number of nitrogens with zero attached hydrogens (tertiary/aromatic N) is 3. The SMILES string of the molecule is CCN1CCC(Cn2c(CCl)nc3c(F)cccc32)CC1. The van der Waals surface area contributed by atoms with Crippen LogP contribution in [0, 0.1) is 11.7 Å². The first-order chi connectivity index (χ1) is 10.2. The zero-order valence-corrected chi connectivity index (χ0v) is 13.1. The monoisotopic (exact) mass is 309 g/mol. The Kier molecular flexibility index (Phi) is 4.45. The molecule has 3 nitrogen and oxygen atoms in total. The van der Waals surface area contributed by atoms with Gasteiger partial charge in [-0.25, -0.2) is 9.37 Å². The van der Waals surface area contributed by atoms with Gasteiger partial charge in [-0.15, -0.1) is 11.6 Å². The van der Waals surface area contributed by atoms with Crippen molar-refractivity contribution in [2.75, 3.05) is 19.6 Å². The lowest BCUT2D eigenvalue weighted by atomic mass is 9.96. The Morgan fingerprint density at radius 2 is 2.10 bits per heavy atom. The highest BCUT2D eigenvalue weighted by Gasteiger charge is 2.21. The van der Waals surface area contributed by atoms with Crippen LogP contribution in [-0.4, -0.2) is 34.1 Å². The van der Waals surface area contributed by atoms with Crippen molar-refractivity contribution in [2.24, 2.45) is 5.92 Å². The van der Waals surface area contributed by atoms with Crippen molar-refractivity contribution in [3.63, 3.8) is 0 Å². The maximum Gasteiger partial charge on any atom is 0.151 e. The van der Waals surface area contributed by atoms with Gasteiger partial charge in [0, 0.05) is 6.54 Å². The van der Waals surface area contributed by atoms with E-state index in [1.165, 1.54) is 18.9 Å². The van der Waals surface area contributed by atoms with Gasteiger partial charge in [0.2, 0.25) is 0 Å². The predicted molar refractivity (Wildman–Crippen MR) is 84.1 cm³/mol. The third kappa shape index (κ3) is 2.92. The number of piperidine rings is 1.